The normalized spacial score (nSPS) is 25.0. The van der Waals surface area contributed by atoms with Crippen molar-refractivity contribution in [2.75, 3.05) is 19.6 Å². The summed E-state index contributed by atoms with van der Waals surface area (Å²) in [5.74, 6) is 1.37. The van der Waals surface area contributed by atoms with Gasteiger partial charge in [0.25, 0.3) is 5.91 Å². The van der Waals surface area contributed by atoms with E-state index in [9.17, 15) is 4.79 Å². The fourth-order valence-corrected chi connectivity index (χ4v) is 2.23. The van der Waals surface area contributed by atoms with E-state index in [0.717, 1.165) is 38.2 Å². The molecule has 0 radical (unpaired) electrons. The van der Waals surface area contributed by atoms with Crippen molar-refractivity contribution in [2.24, 2.45) is 0 Å². The van der Waals surface area contributed by atoms with Crippen LogP contribution in [0.4, 0.5) is 0 Å². The van der Waals surface area contributed by atoms with Crippen LogP contribution in [0.2, 0.25) is 0 Å². The van der Waals surface area contributed by atoms with Crippen LogP contribution in [0.5, 0.6) is 0 Å². The molecular weight excluding hydrogens is 218 g/mol. The zero-order valence-electron chi connectivity index (χ0n) is 9.98. The highest BCUT2D eigenvalue weighted by Gasteiger charge is 2.30. The smallest absolute Gasteiger partial charge is 0.276 e. The van der Waals surface area contributed by atoms with Gasteiger partial charge in [-0.2, -0.15) is 0 Å². The summed E-state index contributed by atoms with van der Waals surface area (Å²) >= 11 is 0. The van der Waals surface area contributed by atoms with Crippen LogP contribution in [0.25, 0.3) is 0 Å². The molecule has 1 aromatic heterocycles. The molecule has 1 aliphatic carbocycles. The lowest BCUT2D eigenvalue weighted by atomic mass is 10.2. The quantitative estimate of drug-likeness (QED) is 0.830. The number of nitrogens with one attached hydrogen (secondary N) is 1. The van der Waals surface area contributed by atoms with Crippen molar-refractivity contribution in [3.8, 4) is 0 Å². The molecule has 17 heavy (non-hydrogen) atoms. The van der Waals surface area contributed by atoms with Gasteiger partial charge >= 0.3 is 0 Å². The van der Waals surface area contributed by atoms with Crippen molar-refractivity contribution in [2.45, 2.75) is 31.7 Å². The molecule has 2 fully saturated rings. The van der Waals surface area contributed by atoms with E-state index in [1.54, 1.807) is 0 Å². The Balaban J connectivity index is 1.71. The summed E-state index contributed by atoms with van der Waals surface area (Å²) in [6.07, 6.45) is 2.32. The molecule has 0 aromatic carbocycles. The van der Waals surface area contributed by atoms with Gasteiger partial charge in [-0.05, 0) is 19.8 Å². The number of hydrogen-bond donors (Lipinski definition) is 1. The third-order valence-corrected chi connectivity index (χ3v) is 3.38. The Labute approximate surface area is 100 Å². The highest BCUT2D eigenvalue weighted by molar-refractivity contribution is 5.92. The molecule has 1 saturated carbocycles. The van der Waals surface area contributed by atoms with Crippen molar-refractivity contribution in [3.63, 3.8) is 0 Å². The minimum Gasteiger partial charge on any atom is -0.360 e. The molecular formula is C12H17N3O2. The summed E-state index contributed by atoms with van der Waals surface area (Å²) in [5, 5.41) is 7.20. The molecule has 1 aromatic rings. The van der Waals surface area contributed by atoms with Crippen LogP contribution < -0.4 is 5.32 Å². The number of carbonyl (C=O) groups is 1. The Hall–Kier alpha value is -1.36. The van der Waals surface area contributed by atoms with E-state index >= 15 is 0 Å². The average molecular weight is 235 g/mol. The molecule has 1 amide bonds. The molecule has 5 heteroatoms. The summed E-state index contributed by atoms with van der Waals surface area (Å²) in [7, 11) is 0. The maximum atomic E-state index is 12.2. The molecule has 5 nitrogen and oxygen atoms in total. The zero-order valence-corrected chi connectivity index (χ0v) is 9.98. The van der Waals surface area contributed by atoms with Crippen molar-refractivity contribution in [1.82, 2.24) is 15.4 Å². The van der Waals surface area contributed by atoms with Gasteiger partial charge < -0.3 is 14.7 Å². The molecule has 0 bridgehead atoms. The minimum absolute atomic E-state index is 0.00556. The number of aromatic nitrogens is 1. The van der Waals surface area contributed by atoms with E-state index in [-0.39, 0.29) is 5.91 Å². The SMILES string of the molecule is CC1CN(C(=O)c2cc(C3CC3)on2)CCN1. The first-order valence-electron chi connectivity index (χ1n) is 6.23. The Kier molecular flexibility index (Phi) is 2.63. The van der Waals surface area contributed by atoms with Crippen LogP contribution in [-0.4, -0.2) is 41.6 Å². The second-order valence-corrected chi connectivity index (χ2v) is 5.00. The highest BCUT2D eigenvalue weighted by atomic mass is 16.5. The van der Waals surface area contributed by atoms with E-state index in [0.29, 0.717) is 17.7 Å². The minimum atomic E-state index is -0.00556. The van der Waals surface area contributed by atoms with E-state index in [1.807, 2.05) is 11.0 Å². The van der Waals surface area contributed by atoms with Crippen LogP contribution in [0, 0.1) is 0 Å². The molecule has 0 spiro atoms. The van der Waals surface area contributed by atoms with Gasteiger partial charge in [0.15, 0.2) is 5.69 Å². The van der Waals surface area contributed by atoms with Crippen molar-refractivity contribution in [3.05, 3.63) is 17.5 Å². The Morgan fingerprint density at radius 1 is 1.59 bits per heavy atom. The lowest BCUT2D eigenvalue weighted by molar-refractivity contribution is 0.0698. The van der Waals surface area contributed by atoms with Gasteiger partial charge in [0.05, 0.1) is 0 Å². The number of nitrogens with zero attached hydrogens (tertiary/aromatic N) is 2. The molecule has 92 valence electrons. The van der Waals surface area contributed by atoms with Gasteiger partial charge in [-0.3, -0.25) is 4.79 Å². The number of hydrogen-bond acceptors (Lipinski definition) is 4. The lowest BCUT2D eigenvalue weighted by Crippen LogP contribution is -2.51. The second-order valence-electron chi connectivity index (χ2n) is 5.00. The maximum absolute atomic E-state index is 12.2. The van der Waals surface area contributed by atoms with Gasteiger partial charge in [0, 0.05) is 37.7 Å². The molecule has 1 unspecified atom stereocenters. The van der Waals surface area contributed by atoms with Crippen LogP contribution >= 0.6 is 0 Å². The third kappa shape index (κ3) is 2.20. The van der Waals surface area contributed by atoms with Crippen molar-refractivity contribution >= 4 is 5.91 Å². The number of piperazine rings is 1. The van der Waals surface area contributed by atoms with Gasteiger partial charge in [-0.1, -0.05) is 5.16 Å². The number of amides is 1. The third-order valence-electron chi connectivity index (χ3n) is 3.38. The predicted molar refractivity (Wildman–Crippen MR) is 61.8 cm³/mol. The van der Waals surface area contributed by atoms with Crippen LogP contribution in [0.15, 0.2) is 10.6 Å². The molecule has 1 atom stereocenters. The standard InChI is InChI=1S/C12H17N3O2/c1-8-7-15(5-4-13-8)12(16)10-6-11(17-14-10)9-2-3-9/h6,8-9,13H,2-5,7H2,1H3. The van der Waals surface area contributed by atoms with E-state index in [2.05, 4.69) is 17.4 Å². The Morgan fingerprint density at radius 3 is 3.12 bits per heavy atom. The molecule has 2 aliphatic rings. The first-order valence-corrected chi connectivity index (χ1v) is 6.23. The van der Waals surface area contributed by atoms with Crippen molar-refractivity contribution in [1.29, 1.82) is 0 Å². The summed E-state index contributed by atoms with van der Waals surface area (Å²) in [4.78, 5) is 14.0. The molecule has 1 aliphatic heterocycles. The topological polar surface area (TPSA) is 58.4 Å². The maximum Gasteiger partial charge on any atom is 0.276 e. The molecule has 3 rings (SSSR count). The fraction of sp³-hybridized carbons (Fsp3) is 0.667. The van der Waals surface area contributed by atoms with Crippen LogP contribution in [0.1, 0.15) is 41.9 Å². The van der Waals surface area contributed by atoms with E-state index in [1.165, 1.54) is 0 Å². The largest absolute Gasteiger partial charge is 0.360 e. The van der Waals surface area contributed by atoms with Gasteiger partial charge in [0.1, 0.15) is 5.76 Å². The summed E-state index contributed by atoms with van der Waals surface area (Å²) < 4.78 is 5.21. The van der Waals surface area contributed by atoms with E-state index in [4.69, 9.17) is 4.52 Å². The summed E-state index contributed by atoms with van der Waals surface area (Å²) in [6.45, 7) is 4.41. The summed E-state index contributed by atoms with van der Waals surface area (Å²) in [5.41, 5.74) is 0.459. The van der Waals surface area contributed by atoms with Gasteiger partial charge in [-0.15, -0.1) is 0 Å². The molecule has 2 heterocycles. The average Bonchev–Trinajstić information content (AvgIpc) is 3.07. The highest BCUT2D eigenvalue weighted by Crippen LogP contribution is 2.40. The Morgan fingerprint density at radius 2 is 2.41 bits per heavy atom. The first kappa shape index (κ1) is 10.8. The first-order chi connectivity index (χ1) is 8.24. The number of rotatable bonds is 2. The van der Waals surface area contributed by atoms with Gasteiger partial charge in [-0.25, -0.2) is 0 Å². The Bertz CT molecular complexity index is 425. The number of carbonyl (C=O) groups excluding carboxylic acids is 1. The van der Waals surface area contributed by atoms with Crippen molar-refractivity contribution < 1.29 is 9.32 Å². The van der Waals surface area contributed by atoms with Gasteiger partial charge in [0.2, 0.25) is 0 Å². The molecule has 1 N–H and O–H groups in total. The zero-order chi connectivity index (χ0) is 11.8. The fourth-order valence-electron chi connectivity index (χ4n) is 2.23. The van der Waals surface area contributed by atoms with Crippen LogP contribution in [-0.2, 0) is 0 Å². The second kappa shape index (κ2) is 4.14. The van der Waals surface area contributed by atoms with E-state index < -0.39 is 0 Å². The molecule has 1 saturated heterocycles. The monoisotopic (exact) mass is 235 g/mol. The lowest BCUT2D eigenvalue weighted by Gasteiger charge is -2.31. The predicted octanol–water partition coefficient (Wildman–Crippen LogP) is 0.986. The summed E-state index contributed by atoms with van der Waals surface area (Å²) in [6, 6.07) is 2.16. The van der Waals surface area contributed by atoms with Crippen LogP contribution in [0.3, 0.4) is 0 Å².